The van der Waals surface area contributed by atoms with Crippen molar-refractivity contribution >= 4 is 0 Å². The van der Waals surface area contributed by atoms with Crippen molar-refractivity contribution in [1.29, 1.82) is 5.26 Å². The second kappa shape index (κ2) is 5.56. The number of nitriles is 1. The number of allylic oxidation sites excluding steroid dienone is 1. The summed E-state index contributed by atoms with van der Waals surface area (Å²) in [5, 5.41) is 14.2. The predicted molar refractivity (Wildman–Crippen MR) is 91.0 cm³/mol. The van der Waals surface area contributed by atoms with Gasteiger partial charge >= 0.3 is 0 Å². The number of furan rings is 1. The first-order valence-corrected chi connectivity index (χ1v) is 7.86. The maximum Gasteiger partial charge on any atom is 0.229 e. The van der Waals surface area contributed by atoms with E-state index in [1.54, 1.807) is 17.2 Å². The number of benzene rings is 1. The van der Waals surface area contributed by atoms with Crippen LogP contribution in [-0.2, 0) is 0 Å². The number of nitrogens with zero attached hydrogens (tertiary/aromatic N) is 3. The number of ether oxygens (including phenoxy) is 1. The molecule has 6 nitrogen and oxygen atoms in total. The number of nitrogens with two attached hydrogens (primary N) is 1. The molecule has 0 fully saturated rings. The molecular formula is C19H16N4O2. The molecule has 0 saturated carbocycles. The SMILES string of the molecule is Cc1ccc(-n2nc(C)c3c2OC(N)=C(C#N)[C@H]3c2ccoc2)cc1. The summed E-state index contributed by atoms with van der Waals surface area (Å²) in [6.07, 6.45) is 3.20. The molecule has 6 heteroatoms. The second-order valence-corrected chi connectivity index (χ2v) is 6.03. The Balaban J connectivity index is 1.94. The fraction of sp³-hybridized carbons (Fsp3) is 0.158. The molecule has 124 valence electrons. The van der Waals surface area contributed by atoms with Crippen molar-refractivity contribution in [2.24, 2.45) is 5.73 Å². The molecule has 0 amide bonds. The predicted octanol–water partition coefficient (Wildman–Crippen LogP) is 3.30. The van der Waals surface area contributed by atoms with Crippen LogP contribution in [0.2, 0.25) is 0 Å². The summed E-state index contributed by atoms with van der Waals surface area (Å²) in [6.45, 7) is 3.93. The van der Waals surface area contributed by atoms with E-state index in [1.807, 2.05) is 44.2 Å². The Morgan fingerprint density at radius 1 is 1.20 bits per heavy atom. The van der Waals surface area contributed by atoms with Gasteiger partial charge < -0.3 is 14.9 Å². The van der Waals surface area contributed by atoms with E-state index in [-0.39, 0.29) is 11.8 Å². The van der Waals surface area contributed by atoms with E-state index in [9.17, 15) is 5.26 Å². The highest BCUT2D eigenvalue weighted by Gasteiger charge is 2.36. The Morgan fingerprint density at radius 3 is 2.60 bits per heavy atom. The van der Waals surface area contributed by atoms with E-state index in [2.05, 4.69) is 11.2 Å². The van der Waals surface area contributed by atoms with Crippen molar-refractivity contribution < 1.29 is 9.15 Å². The molecule has 1 aliphatic heterocycles. The largest absolute Gasteiger partial charge is 0.472 e. The van der Waals surface area contributed by atoms with E-state index >= 15 is 0 Å². The first-order valence-electron chi connectivity index (χ1n) is 7.86. The normalized spacial score (nSPS) is 16.3. The van der Waals surface area contributed by atoms with E-state index in [4.69, 9.17) is 14.9 Å². The Labute approximate surface area is 144 Å². The van der Waals surface area contributed by atoms with Crippen molar-refractivity contribution in [3.05, 3.63) is 76.7 Å². The topological polar surface area (TPSA) is 90.0 Å². The molecule has 1 aromatic carbocycles. The van der Waals surface area contributed by atoms with Gasteiger partial charge in [0.1, 0.15) is 11.6 Å². The number of hydrogen-bond acceptors (Lipinski definition) is 5. The molecule has 0 bridgehead atoms. The fourth-order valence-corrected chi connectivity index (χ4v) is 3.15. The summed E-state index contributed by atoms with van der Waals surface area (Å²) in [6, 6.07) is 12.0. The average molecular weight is 332 g/mol. The molecule has 2 N–H and O–H groups in total. The van der Waals surface area contributed by atoms with E-state index in [0.717, 1.165) is 28.1 Å². The molecule has 25 heavy (non-hydrogen) atoms. The third-order valence-electron chi connectivity index (χ3n) is 4.39. The minimum atomic E-state index is -0.355. The van der Waals surface area contributed by atoms with E-state index < -0.39 is 0 Å². The maximum absolute atomic E-state index is 9.58. The Kier molecular flexibility index (Phi) is 3.36. The van der Waals surface area contributed by atoms with Crippen LogP contribution in [-0.4, -0.2) is 9.78 Å². The van der Waals surface area contributed by atoms with Crippen molar-refractivity contribution in [3.63, 3.8) is 0 Å². The summed E-state index contributed by atoms with van der Waals surface area (Å²) >= 11 is 0. The summed E-state index contributed by atoms with van der Waals surface area (Å²) in [5.41, 5.74) is 10.9. The maximum atomic E-state index is 9.58. The lowest BCUT2D eigenvalue weighted by Crippen LogP contribution is -2.21. The van der Waals surface area contributed by atoms with Gasteiger partial charge in [-0.2, -0.15) is 10.4 Å². The van der Waals surface area contributed by atoms with Crippen LogP contribution < -0.4 is 10.5 Å². The third-order valence-corrected chi connectivity index (χ3v) is 4.39. The summed E-state index contributed by atoms with van der Waals surface area (Å²) in [5.74, 6) is 0.269. The van der Waals surface area contributed by atoms with Crippen LogP contribution in [0.4, 0.5) is 0 Å². The third kappa shape index (κ3) is 2.29. The van der Waals surface area contributed by atoms with Crippen LogP contribution in [0.25, 0.3) is 5.69 Å². The van der Waals surface area contributed by atoms with Crippen molar-refractivity contribution in [1.82, 2.24) is 9.78 Å². The van der Waals surface area contributed by atoms with Gasteiger partial charge in [-0.25, -0.2) is 4.68 Å². The Bertz CT molecular complexity index is 1010. The van der Waals surface area contributed by atoms with Crippen molar-refractivity contribution in [2.45, 2.75) is 19.8 Å². The van der Waals surface area contributed by atoms with Crippen LogP contribution in [0, 0.1) is 25.2 Å². The molecule has 1 aliphatic rings. The molecule has 3 aromatic rings. The molecule has 4 rings (SSSR count). The first-order chi connectivity index (χ1) is 12.1. The standard InChI is InChI=1S/C19H16N4O2/c1-11-3-5-14(6-4-11)23-19-16(12(2)22-23)17(13-7-8-24-10-13)15(9-20)18(21)25-19/h3-8,10,17H,21H2,1-2H3/t17-/m1/s1. The summed E-state index contributed by atoms with van der Waals surface area (Å²) < 4.78 is 12.7. The van der Waals surface area contributed by atoms with Gasteiger partial charge in [-0.05, 0) is 32.0 Å². The molecule has 0 radical (unpaired) electrons. The fourth-order valence-electron chi connectivity index (χ4n) is 3.15. The lowest BCUT2D eigenvalue weighted by Gasteiger charge is -2.23. The molecule has 0 spiro atoms. The second-order valence-electron chi connectivity index (χ2n) is 6.03. The highest BCUT2D eigenvalue weighted by atomic mass is 16.5. The minimum absolute atomic E-state index is 0.0921. The Hall–Kier alpha value is -3.46. The average Bonchev–Trinajstić information content (AvgIpc) is 3.23. The molecule has 3 heterocycles. The van der Waals surface area contributed by atoms with Gasteiger partial charge in [0.2, 0.25) is 11.8 Å². The van der Waals surface area contributed by atoms with Gasteiger partial charge in [-0.1, -0.05) is 17.7 Å². The van der Waals surface area contributed by atoms with Crippen LogP contribution in [0.15, 0.2) is 58.7 Å². The van der Waals surface area contributed by atoms with Gasteiger partial charge in [0.05, 0.1) is 35.4 Å². The van der Waals surface area contributed by atoms with Gasteiger partial charge in [0.15, 0.2) is 0 Å². The van der Waals surface area contributed by atoms with E-state index in [0.29, 0.717) is 11.5 Å². The molecule has 0 saturated heterocycles. The van der Waals surface area contributed by atoms with Crippen molar-refractivity contribution in [2.75, 3.05) is 0 Å². The zero-order valence-electron chi connectivity index (χ0n) is 13.9. The first kappa shape index (κ1) is 15.1. The number of aromatic nitrogens is 2. The smallest absolute Gasteiger partial charge is 0.229 e. The summed E-state index contributed by atoms with van der Waals surface area (Å²) in [4.78, 5) is 0. The molecule has 0 unspecified atom stereocenters. The number of hydrogen-bond donors (Lipinski definition) is 1. The highest BCUT2D eigenvalue weighted by molar-refractivity contribution is 5.56. The van der Waals surface area contributed by atoms with Gasteiger partial charge in [0, 0.05) is 5.56 Å². The van der Waals surface area contributed by atoms with Gasteiger partial charge in [-0.15, -0.1) is 0 Å². The van der Waals surface area contributed by atoms with E-state index in [1.165, 1.54) is 0 Å². The monoisotopic (exact) mass is 332 g/mol. The molecule has 1 atom stereocenters. The van der Waals surface area contributed by atoms with Gasteiger partial charge in [-0.3, -0.25) is 0 Å². The zero-order chi connectivity index (χ0) is 17.6. The minimum Gasteiger partial charge on any atom is -0.472 e. The van der Waals surface area contributed by atoms with Crippen LogP contribution in [0.1, 0.15) is 28.3 Å². The summed E-state index contributed by atoms with van der Waals surface area (Å²) in [7, 11) is 0. The lowest BCUT2D eigenvalue weighted by atomic mass is 9.85. The molecular weight excluding hydrogens is 316 g/mol. The van der Waals surface area contributed by atoms with Crippen LogP contribution >= 0.6 is 0 Å². The highest BCUT2D eigenvalue weighted by Crippen LogP contribution is 2.44. The number of aryl methyl sites for hydroxylation is 2. The van der Waals surface area contributed by atoms with Crippen molar-refractivity contribution in [3.8, 4) is 17.6 Å². The number of rotatable bonds is 2. The molecule has 0 aliphatic carbocycles. The van der Waals surface area contributed by atoms with Crippen LogP contribution in [0.5, 0.6) is 5.88 Å². The number of fused-ring (bicyclic) bond motifs is 1. The Morgan fingerprint density at radius 2 is 1.96 bits per heavy atom. The molecule has 2 aromatic heterocycles. The van der Waals surface area contributed by atoms with Gasteiger partial charge in [0.25, 0.3) is 0 Å². The van der Waals surface area contributed by atoms with Crippen LogP contribution in [0.3, 0.4) is 0 Å². The zero-order valence-corrected chi connectivity index (χ0v) is 13.9. The quantitative estimate of drug-likeness (QED) is 0.777. The lowest BCUT2D eigenvalue weighted by molar-refractivity contribution is 0.367.